The van der Waals surface area contributed by atoms with Gasteiger partial charge in [0, 0.05) is 32.4 Å². The molecule has 0 N–H and O–H groups in total. The molecule has 30 heavy (non-hydrogen) atoms. The first-order valence-corrected chi connectivity index (χ1v) is 9.85. The topological polar surface area (TPSA) is 95.8 Å². The molecule has 1 saturated heterocycles. The second-order valence-corrected chi connectivity index (χ2v) is 6.76. The number of pyridine rings is 1. The van der Waals surface area contributed by atoms with E-state index in [0.29, 0.717) is 50.5 Å². The molecule has 1 amide bonds. The highest BCUT2D eigenvalue weighted by Crippen LogP contribution is 2.16. The molecule has 1 aliphatic rings. The summed E-state index contributed by atoms with van der Waals surface area (Å²) in [4.78, 5) is 32.3. The van der Waals surface area contributed by atoms with Gasteiger partial charge >= 0.3 is 5.97 Å². The van der Waals surface area contributed by atoms with Crippen LogP contribution in [-0.4, -0.2) is 61.2 Å². The number of rotatable bonds is 7. The first-order chi connectivity index (χ1) is 14.6. The molecule has 1 aromatic carbocycles. The van der Waals surface area contributed by atoms with E-state index in [1.165, 1.54) is 6.20 Å². The lowest BCUT2D eigenvalue weighted by Gasteiger charge is -2.35. The van der Waals surface area contributed by atoms with Gasteiger partial charge in [0.05, 0.1) is 24.7 Å². The van der Waals surface area contributed by atoms with Crippen molar-refractivity contribution >= 4 is 17.7 Å². The molecule has 156 valence electrons. The van der Waals surface area contributed by atoms with Crippen molar-refractivity contribution in [1.29, 1.82) is 5.26 Å². The van der Waals surface area contributed by atoms with Crippen molar-refractivity contribution < 1.29 is 19.1 Å². The Kier molecular flexibility index (Phi) is 7.22. The minimum Gasteiger partial charge on any atom is -0.484 e. The average Bonchev–Trinajstić information content (AvgIpc) is 2.79. The van der Waals surface area contributed by atoms with E-state index in [9.17, 15) is 9.59 Å². The predicted octanol–water partition coefficient (Wildman–Crippen LogP) is 2.05. The number of hydrogen-bond acceptors (Lipinski definition) is 7. The van der Waals surface area contributed by atoms with Crippen LogP contribution in [0.5, 0.6) is 5.75 Å². The lowest BCUT2D eigenvalue weighted by Crippen LogP contribution is -2.50. The van der Waals surface area contributed by atoms with Crippen molar-refractivity contribution in [3.05, 3.63) is 53.7 Å². The third-order valence-electron chi connectivity index (χ3n) is 4.78. The van der Waals surface area contributed by atoms with Crippen LogP contribution >= 0.6 is 0 Å². The zero-order chi connectivity index (χ0) is 21.3. The van der Waals surface area contributed by atoms with Gasteiger partial charge < -0.3 is 19.3 Å². The molecule has 1 aliphatic heterocycles. The third-order valence-corrected chi connectivity index (χ3v) is 4.78. The van der Waals surface area contributed by atoms with Crippen molar-refractivity contribution in [1.82, 2.24) is 9.88 Å². The lowest BCUT2D eigenvalue weighted by atomic mass is 10.2. The maximum absolute atomic E-state index is 12.4. The highest BCUT2D eigenvalue weighted by atomic mass is 16.5. The van der Waals surface area contributed by atoms with E-state index in [0.717, 1.165) is 11.4 Å². The summed E-state index contributed by atoms with van der Waals surface area (Å²) in [7, 11) is 0. The average molecular weight is 408 g/mol. The predicted molar refractivity (Wildman–Crippen MR) is 110 cm³/mol. The second kappa shape index (κ2) is 10.3. The maximum atomic E-state index is 12.4. The number of nitrogens with zero attached hydrogens (tertiary/aromatic N) is 4. The fourth-order valence-electron chi connectivity index (χ4n) is 3.12. The van der Waals surface area contributed by atoms with Gasteiger partial charge in [0.25, 0.3) is 5.91 Å². The van der Waals surface area contributed by atoms with Crippen molar-refractivity contribution in [3.8, 4) is 11.8 Å². The monoisotopic (exact) mass is 408 g/mol. The standard InChI is InChI=1S/C22H24N4O4/c1-2-29-22(28)18-5-8-20(24-15-18)25-11-13-26(14-12-25)21(27)16-30-19-6-3-17(4-7-19)9-10-23/h3-8,15H,2,9,11-14,16H2,1H3. The Morgan fingerprint density at radius 2 is 1.83 bits per heavy atom. The highest BCUT2D eigenvalue weighted by Gasteiger charge is 2.22. The number of carbonyl (C=O) groups is 2. The molecule has 1 fully saturated rings. The molecule has 0 unspecified atom stereocenters. The van der Waals surface area contributed by atoms with Crippen LogP contribution < -0.4 is 9.64 Å². The third kappa shape index (κ3) is 5.47. The van der Waals surface area contributed by atoms with Gasteiger partial charge in [0.15, 0.2) is 6.61 Å². The number of amides is 1. The molecule has 8 nitrogen and oxygen atoms in total. The van der Waals surface area contributed by atoms with Crippen LogP contribution in [0, 0.1) is 11.3 Å². The van der Waals surface area contributed by atoms with Crippen molar-refractivity contribution in [2.24, 2.45) is 0 Å². The molecule has 2 heterocycles. The van der Waals surface area contributed by atoms with Crippen LogP contribution in [0.1, 0.15) is 22.8 Å². The van der Waals surface area contributed by atoms with E-state index < -0.39 is 0 Å². The summed E-state index contributed by atoms with van der Waals surface area (Å²) in [5.74, 6) is 0.923. The van der Waals surface area contributed by atoms with Gasteiger partial charge in [-0.3, -0.25) is 4.79 Å². The molecule has 0 radical (unpaired) electrons. The Balaban J connectivity index is 1.46. The van der Waals surface area contributed by atoms with E-state index in [4.69, 9.17) is 14.7 Å². The lowest BCUT2D eigenvalue weighted by molar-refractivity contribution is -0.133. The molecular formula is C22H24N4O4. The largest absolute Gasteiger partial charge is 0.484 e. The van der Waals surface area contributed by atoms with Crippen LogP contribution in [0.2, 0.25) is 0 Å². The van der Waals surface area contributed by atoms with E-state index in [1.807, 2.05) is 12.1 Å². The smallest absolute Gasteiger partial charge is 0.339 e. The number of ether oxygens (including phenoxy) is 2. The van der Waals surface area contributed by atoms with E-state index >= 15 is 0 Å². The van der Waals surface area contributed by atoms with Crippen LogP contribution in [0.3, 0.4) is 0 Å². The Bertz CT molecular complexity index is 898. The van der Waals surface area contributed by atoms with Crippen LogP contribution in [0.15, 0.2) is 42.6 Å². The van der Waals surface area contributed by atoms with Gasteiger partial charge in [0.1, 0.15) is 11.6 Å². The van der Waals surface area contributed by atoms with Gasteiger partial charge in [-0.1, -0.05) is 12.1 Å². The summed E-state index contributed by atoms with van der Waals surface area (Å²) in [6, 6.07) is 12.8. The first kappa shape index (κ1) is 21.1. The Morgan fingerprint density at radius 3 is 2.43 bits per heavy atom. The summed E-state index contributed by atoms with van der Waals surface area (Å²) in [5.41, 5.74) is 1.34. The molecule has 8 heteroatoms. The highest BCUT2D eigenvalue weighted by molar-refractivity contribution is 5.89. The minimum atomic E-state index is -0.383. The van der Waals surface area contributed by atoms with Crippen LogP contribution in [0.4, 0.5) is 5.82 Å². The zero-order valence-electron chi connectivity index (χ0n) is 16.9. The molecule has 0 aliphatic carbocycles. The van der Waals surface area contributed by atoms with Crippen molar-refractivity contribution in [2.75, 3.05) is 44.3 Å². The second-order valence-electron chi connectivity index (χ2n) is 6.76. The Morgan fingerprint density at radius 1 is 1.10 bits per heavy atom. The number of esters is 1. The quantitative estimate of drug-likeness (QED) is 0.647. The summed E-state index contributed by atoms with van der Waals surface area (Å²) < 4.78 is 10.5. The van der Waals surface area contributed by atoms with E-state index in [-0.39, 0.29) is 18.5 Å². The normalized spacial score (nSPS) is 13.5. The number of aromatic nitrogens is 1. The van der Waals surface area contributed by atoms with Gasteiger partial charge in [-0.2, -0.15) is 5.26 Å². The van der Waals surface area contributed by atoms with Gasteiger partial charge in [0.2, 0.25) is 0 Å². The number of hydrogen-bond donors (Lipinski definition) is 0. The fraction of sp³-hybridized carbons (Fsp3) is 0.364. The molecule has 3 rings (SSSR count). The molecular weight excluding hydrogens is 384 g/mol. The summed E-state index contributed by atoms with van der Waals surface area (Å²) in [6.07, 6.45) is 1.87. The molecule has 2 aromatic rings. The molecule has 0 bridgehead atoms. The molecule has 0 atom stereocenters. The van der Waals surface area contributed by atoms with Crippen molar-refractivity contribution in [3.63, 3.8) is 0 Å². The van der Waals surface area contributed by atoms with Gasteiger partial charge in [-0.05, 0) is 36.8 Å². The zero-order valence-corrected chi connectivity index (χ0v) is 16.9. The maximum Gasteiger partial charge on any atom is 0.339 e. The Labute approximate surface area is 175 Å². The van der Waals surface area contributed by atoms with Gasteiger partial charge in [-0.25, -0.2) is 9.78 Å². The van der Waals surface area contributed by atoms with Crippen LogP contribution in [-0.2, 0) is 16.0 Å². The molecule has 0 spiro atoms. The van der Waals surface area contributed by atoms with Crippen LogP contribution in [0.25, 0.3) is 0 Å². The number of carbonyl (C=O) groups excluding carboxylic acids is 2. The fourth-order valence-corrected chi connectivity index (χ4v) is 3.12. The summed E-state index contributed by atoms with van der Waals surface area (Å²) in [5, 5.41) is 8.70. The SMILES string of the molecule is CCOC(=O)c1ccc(N2CCN(C(=O)COc3ccc(CC#N)cc3)CC2)nc1. The Hall–Kier alpha value is -3.60. The van der Waals surface area contributed by atoms with Crippen molar-refractivity contribution in [2.45, 2.75) is 13.3 Å². The number of piperazine rings is 1. The number of nitriles is 1. The summed E-state index contributed by atoms with van der Waals surface area (Å²) >= 11 is 0. The minimum absolute atomic E-state index is 0.0237. The summed E-state index contributed by atoms with van der Waals surface area (Å²) in [6.45, 7) is 4.52. The van der Waals surface area contributed by atoms with E-state index in [1.54, 1.807) is 36.1 Å². The number of anilines is 1. The first-order valence-electron chi connectivity index (χ1n) is 9.85. The van der Waals surface area contributed by atoms with Gasteiger partial charge in [-0.15, -0.1) is 0 Å². The molecule has 1 aromatic heterocycles. The molecule has 0 saturated carbocycles. The van der Waals surface area contributed by atoms with E-state index in [2.05, 4.69) is 16.0 Å². The number of benzene rings is 1.